The Morgan fingerprint density at radius 2 is 2.03 bits per heavy atom. The Morgan fingerprint density at radius 3 is 2.70 bits per heavy atom. The molecule has 1 N–H and O–H groups in total. The number of nitrogens with zero attached hydrogens (tertiary/aromatic N) is 2. The zero-order chi connectivity index (χ0) is 23.6. The van der Waals surface area contributed by atoms with E-state index >= 15 is 0 Å². The molecule has 184 valence electrons. The van der Waals surface area contributed by atoms with Gasteiger partial charge in [-0.25, -0.2) is 0 Å². The van der Waals surface area contributed by atoms with Crippen LogP contribution >= 0.6 is 0 Å². The van der Waals surface area contributed by atoms with Crippen LogP contribution in [-0.4, -0.2) is 82.8 Å². The summed E-state index contributed by atoms with van der Waals surface area (Å²) in [7, 11) is 0. The van der Waals surface area contributed by atoms with Crippen molar-refractivity contribution in [3.8, 4) is 0 Å². The predicted molar refractivity (Wildman–Crippen MR) is 121 cm³/mol. The van der Waals surface area contributed by atoms with Crippen LogP contribution in [0.1, 0.15) is 64.7 Å². The van der Waals surface area contributed by atoms with Gasteiger partial charge in [0.15, 0.2) is 0 Å². The number of esters is 1. The molecule has 4 aliphatic rings. The molecule has 5 atom stereocenters. The molecule has 4 fully saturated rings. The monoisotopic (exact) mass is 462 g/mol. The van der Waals surface area contributed by atoms with Gasteiger partial charge in [-0.3, -0.25) is 14.4 Å². The van der Waals surface area contributed by atoms with E-state index in [-0.39, 0.29) is 37.2 Å². The van der Waals surface area contributed by atoms with Gasteiger partial charge in [0, 0.05) is 25.7 Å². The molecule has 0 unspecified atom stereocenters. The van der Waals surface area contributed by atoms with E-state index in [2.05, 4.69) is 6.58 Å². The van der Waals surface area contributed by atoms with Gasteiger partial charge in [-0.2, -0.15) is 0 Å². The first-order valence-electron chi connectivity index (χ1n) is 12.7. The van der Waals surface area contributed by atoms with Gasteiger partial charge in [0.2, 0.25) is 11.8 Å². The highest BCUT2D eigenvalue weighted by molar-refractivity contribution is 5.98. The number of carbonyl (C=O) groups is 3. The molecule has 0 radical (unpaired) electrons. The van der Waals surface area contributed by atoms with Gasteiger partial charge in [-0.15, -0.1) is 6.58 Å². The van der Waals surface area contributed by atoms with Crippen LogP contribution in [0.5, 0.6) is 0 Å². The van der Waals surface area contributed by atoms with Crippen LogP contribution in [0.25, 0.3) is 0 Å². The fourth-order valence-electron chi connectivity index (χ4n) is 6.68. The Morgan fingerprint density at radius 1 is 1.27 bits per heavy atom. The van der Waals surface area contributed by atoms with E-state index < -0.39 is 29.4 Å². The molecule has 2 amide bonds. The molecule has 33 heavy (non-hydrogen) atoms. The van der Waals surface area contributed by atoms with E-state index in [4.69, 9.17) is 9.47 Å². The van der Waals surface area contributed by atoms with Gasteiger partial charge < -0.3 is 24.4 Å². The summed E-state index contributed by atoms with van der Waals surface area (Å²) in [4.78, 5) is 44.3. The van der Waals surface area contributed by atoms with Gasteiger partial charge in [0.05, 0.1) is 24.5 Å². The molecule has 0 aromatic heterocycles. The predicted octanol–water partition coefficient (Wildman–Crippen LogP) is 2.04. The lowest BCUT2D eigenvalue weighted by atomic mass is 9.70. The number of ether oxygens (including phenoxy) is 2. The quantitative estimate of drug-likeness (QED) is 0.303. The summed E-state index contributed by atoms with van der Waals surface area (Å²) in [5, 5.41) is 9.27. The number of aliphatic hydroxyl groups excluding tert-OH is 1. The molecule has 8 heteroatoms. The molecule has 0 aromatic rings. The number of aliphatic hydroxyl groups is 1. The Bertz CT molecular complexity index is 766. The first-order valence-corrected chi connectivity index (χ1v) is 12.7. The zero-order valence-corrected chi connectivity index (χ0v) is 19.7. The Labute approximate surface area is 196 Å². The van der Waals surface area contributed by atoms with Crippen molar-refractivity contribution in [3.05, 3.63) is 12.7 Å². The number of likely N-dealkylation sites (tertiary alicyclic amines) is 1. The Hall–Kier alpha value is -1.93. The zero-order valence-electron chi connectivity index (χ0n) is 19.7. The van der Waals surface area contributed by atoms with Crippen LogP contribution in [0.2, 0.25) is 0 Å². The summed E-state index contributed by atoms with van der Waals surface area (Å²) in [5.41, 5.74) is -0.983. The van der Waals surface area contributed by atoms with Crippen LogP contribution in [0.3, 0.4) is 0 Å². The van der Waals surface area contributed by atoms with Crippen molar-refractivity contribution in [1.29, 1.82) is 0 Å². The maximum atomic E-state index is 14.2. The second kappa shape index (κ2) is 10.1. The number of amides is 2. The largest absolute Gasteiger partial charge is 0.466 e. The number of unbranched alkanes of at least 4 members (excludes halogenated alkanes) is 1. The molecule has 8 nitrogen and oxygen atoms in total. The third-order valence-electron chi connectivity index (χ3n) is 8.02. The van der Waals surface area contributed by atoms with Crippen molar-refractivity contribution < 1.29 is 29.0 Å². The highest BCUT2D eigenvalue weighted by atomic mass is 16.6. The van der Waals surface area contributed by atoms with Gasteiger partial charge in [0.1, 0.15) is 11.6 Å². The summed E-state index contributed by atoms with van der Waals surface area (Å²) < 4.78 is 11.7. The topological polar surface area (TPSA) is 96.4 Å². The summed E-state index contributed by atoms with van der Waals surface area (Å²) >= 11 is 0. The molecular weight excluding hydrogens is 424 g/mol. The SMILES string of the molecule is C=CCN(C(=O)[C@@H]1N(CCCCO)C(=O)[C@H]2[C@H](C(=O)OCC)[C@@H]3CC[C@]12O3)C1CCCCC1. The molecule has 1 aliphatic carbocycles. The highest BCUT2D eigenvalue weighted by Gasteiger charge is 2.75. The first-order chi connectivity index (χ1) is 16.0. The molecule has 3 heterocycles. The number of rotatable bonds is 10. The van der Waals surface area contributed by atoms with Crippen molar-refractivity contribution in [3.63, 3.8) is 0 Å². The van der Waals surface area contributed by atoms with E-state index in [0.717, 1.165) is 25.7 Å². The van der Waals surface area contributed by atoms with Crippen molar-refractivity contribution in [2.75, 3.05) is 26.3 Å². The average Bonchev–Trinajstić information content (AvgIpc) is 3.46. The minimum absolute atomic E-state index is 0.0317. The minimum Gasteiger partial charge on any atom is -0.466 e. The van der Waals surface area contributed by atoms with E-state index in [0.29, 0.717) is 38.8 Å². The van der Waals surface area contributed by atoms with Gasteiger partial charge in [0.25, 0.3) is 0 Å². The second-order valence-corrected chi connectivity index (χ2v) is 9.84. The summed E-state index contributed by atoms with van der Waals surface area (Å²) in [6.07, 6.45) is 9.01. The highest BCUT2D eigenvalue weighted by Crippen LogP contribution is 2.59. The molecule has 4 rings (SSSR count). The fraction of sp³-hybridized carbons (Fsp3) is 0.800. The first kappa shape index (κ1) is 24.2. The van der Waals surface area contributed by atoms with E-state index in [1.165, 1.54) is 6.42 Å². The van der Waals surface area contributed by atoms with Crippen LogP contribution in [0.15, 0.2) is 12.7 Å². The van der Waals surface area contributed by atoms with Gasteiger partial charge >= 0.3 is 5.97 Å². The van der Waals surface area contributed by atoms with Crippen LogP contribution in [-0.2, 0) is 23.9 Å². The number of hydrogen-bond acceptors (Lipinski definition) is 6. The van der Waals surface area contributed by atoms with Crippen molar-refractivity contribution >= 4 is 17.8 Å². The third-order valence-corrected chi connectivity index (χ3v) is 8.02. The average molecular weight is 463 g/mol. The molecular formula is C25H38N2O6. The van der Waals surface area contributed by atoms with Gasteiger partial charge in [-0.1, -0.05) is 25.3 Å². The van der Waals surface area contributed by atoms with E-state index in [1.54, 1.807) is 17.9 Å². The summed E-state index contributed by atoms with van der Waals surface area (Å²) in [6.45, 7) is 6.70. The molecule has 0 aromatic carbocycles. The summed E-state index contributed by atoms with van der Waals surface area (Å²) in [6, 6.07) is -0.617. The summed E-state index contributed by atoms with van der Waals surface area (Å²) in [5.74, 6) is -2.02. The lowest BCUT2D eigenvalue weighted by Crippen LogP contribution is -2.58. The maximum absolute atomic E-state index is 14.2. The molecule has 3 saturated heterocycles. The maximum Gasteiger partial charge on any atom is 0.312 e. The third kappa shape index (κ3) is 4.09. The van der Waals surface area contributed by atoms with Crippen LogP contribution in [0, 0.1) is 11.8 Å². The number of fused-ring (bicyclic) bond motifs is 1. The van der Waals surface area contributed by atoms with Crippen LogP contribution < -0.4 is 0 Å². The smallest absolute Gasteiger partial charge is 0.312 e. The normalized spacial score (nSPS) is 33.3. The Kier molecular flexibility index (Phi) is 7.43. The Balaban J connectivity index is 1.68. The molecule has 1 saturated carbocycles. The number of hydrogen-bond donors (Lipinski definition) is 1. The van der Waals surface area contributed by atoms with Crippen molar-refractivity contribution in [2.45, 2.75) is 88.5 Å². The van der Waals surface area contributed by atoms with Crippen molar-refractivity contribution in [1.82, 2.24) is 9.80 Å². The minimum atomic E-state index is -0.983. The lowest BCUT2D eigenvalue weighted by molar-refractivity contribution is -0.155. The van der Waals surface area contributed by atoms with E-state index in [9.17, 15) is 19.5 Å². The lowest BCUT2D eigenvalue weighted by Gasteiger charge is -2.40. The van der Waals surface area contributed by atoms with E-state index in [1.807, 2.05) is 4.90 Å². The van der Waals surface area contributed by atoms with Gasteiger partial charge in [-0.05, 0) is 45.4 Å². The number of carbonyl (C=O) groups excluding carboxylic acids is 3. The molecule has 1 spiro atoms. The molecule has 3 aliphatic heterocycles. The van der Waals surface area contributed by atoms with Crippen LogP contribution in [0.4, 0.5) is 0 Å². The van der Waals surface area contributed by atoms with Crippen molar-refractivity contribution in [2.24, 2.45) is 11.8 Å². The second-order valence-electron chi connectivity index (χ2n) is 9.84. The fourth-order valence-corrected chi connectivity index (χ4v) is 6.68. The molecule has 2 bridgehead atoms. The standard InChI is InChI=1S/C25H38N2O6/c1-3-14-26(17-10-6-5-7-11-17)23(30)21-25-13-12-18(33-25)19(24(31)32-4-2)20(25)22(29)27(21)15-8-9-16-28/h3,17-21,28H,1,4-16H2,2H3/t18-,19+,20+,21-,25+/m0/s1.